The molecule has 2 aromatic rings. The number of aryl methyl sites for hydroxylation is 1. The minimum absolute atomic E-state index is 0.202. The molecule has 0 saturated heterocycles. The number of rotatable bonds is 0. The molecule has 2 rings (SSSR count). The summed E-state index contributed by atoms with van der Waals surface area (Å²) in [4.78, 5) is 3.99. The molecule has 1 N–H and O–H groups in total. The van der Waals surface area contributed by atoms with E-state index in [1.54, 1.807) is 6.07 Å². The third kappa shape index (κ3) is 1.15. The van der Waals surface area contributed by atoms with Crippen LogP contribution >= 0.6 is 22.9 Å². The first kappa shape index (κ1) is 7.83. The summed E-state index contributed by atoms with van der Waals surface area (Å²) in [5.74, 6) is 0.202. The molecular formula is C8H6ClNOS. The van der Waals surface area contributed by atoms with E-state index < -0.39 is 0 Å². The third-order valence-corrected chi connectivity index (χ3v) is 2.70. The first-order valence-electron chi connectivity index (χ1n) is 3.42. The van der Waals surface area contributed by atoms with E-state index in [4.69, 9.17) is 11.6 Å². The van der Waals surface area contributed by atoms with E-state index in [1.807, 2.05) is 13.0 Å². The molecule has 0 amide bonds. The Labute approximate surface area is 78.4 Å². The lowest BCUT2D eigenvalue weighted by Gasteiger charge is -1.94. The number of hydrogen-bond donors (Lipinski definition) is 1. The molecule has 1 heterocycles. The fourth-order valence-corrected chi connectivity index (χ4v) is 2.26. The second-order valence-electron chi connectivity index (χ2n) is 2.60. The Balaban J connectivity index is 2.88. The number of halogens is 1. The maximum Gasteiger partial charge on any atom is 0.184 e. The van der Waals surface area contributed by atoms with Gasteiger partial charge in [0, 0.05) is 0 Å². The number of nitrogens with zero attached hydrogens (tertiary/aromatic N) is 1. The smallest absolute Gasteiger partial charge is 0.184 e. The molecule has 0 radical (unpaired) electrons. The van der Waals surface area contributed by atoms with Crippen molar-refractivity contribution in [2.24, 2.45) is 0 Å². The minimum atomic E-state index is 0.202. The molecule has 0 fully saturated rings. The molecule has 0 aliphatic rings. The van der Waals surface area contributed by atoms with Gasteiger partial charge in [0.05, 0.1) is 4.70 Å². The van der Waals surface area contributed by atoms with Crippen molar-refractivity contribution in [2.45, 2.75) is 6.92 Å². The highest BCUT2D eigenvalue weighted by atomic mass is 35.5. The Morgan fingerprint density at radius 3 is 3.00 bits per heavy atom. The summed E-state index contributed by atoms with van der Waals surface area (Å²) in [5.41, 5.74) is 1.61. The van der Waals surface area contributed by atoms with E-state index in [9.17, 15) is 5.11 Å². The van der Waals surface area contributed by atoms with Gasteiger partial charge in [-0.25, -0.2) is 4.98 Å². The molecule has 1 aromatic carbocycles. The van der Waals surface area contributed by atoms with Gasteiger partial charge in [-0.3, -0.25) is 0 Å². The van der Waals surface area contributed by atoms with Crippen LogP contribution in [-0.2, 0) is 0 Å². The molecule has 0 aliphatic carbocycles. The molecule has 2 nitrogen and oxygen atoms in total. The molecule has 62 valence electrons. The second kappa shape index (κ2) is 2.61. The van der Waals surface area contributed by atoms with Gasteiger partial charge >= 0.3 is 0 Å². The Hall–Kier alpha value is -0.800. The van der Waals surface area contributed by atoms with E-state index in [1.165, 1.54) is 11.3 Å². The summed E-state index contributed by atoms with van der Waals surface area (Å²) in [6.07, 6.45) is 0. The van der Waals surface area contributed by atoms with E-state index in [0.717, 1.165) is 10.3 Å². The monoisotopic (exact) mass is 199 g/mol. The standard InChI is InChI=1S/C8H6ClNOS/c1-4-2-5(11)7-6(3-4)12-8(9)10-7/h2-3,11H,1H3. The lowest BCUT2D eigenvalue weighted by Crippen LogP contribution is -1.73. The molecule has 0 unspecified atom stereocenters. The largest absolute Gasteiger partial charge is 0.506 e. The zero-order valence-corrected chi connectivity index (χ0v) is 7.91. The fourth-order valence-electron chi connectivity index (χ4n) is 1.12. The molecule has 12 heavy (non-hydrogen) atoms. The van der Waals surface area contributed by atoms with Crippen LogP contribution in [0, 0.1) is 6.92 Å². The molecular weight excluding hydrogens is 194 g/mol. The van der Waals surface area contributed by atoms with Crippen molar-refractivity contribution in [3.8, 4) is 5.75 Å². The summed E-state index contributed by atoms with van der Waals surface area (Å²) in [6.45, 7) is 1.92. The van der Waals surface area contributed by atoms with Crippen molar-refractivity contribution >= 4 is 33.2 Å². The molecule has 0 saturated carbocycles. The molecule has 0 atom stereocenters. The van der Waals surface area contributed by atoms with Gasteiger partial charge < -0.3 is 5.11 Å². The first-order chi connectivity index (χ1) is 5.66. The quantitative estimate of drug-likeness (QED) is 0.708. The third-order valence-electron chi connectivity index (χ3n) is 1.59. The summed E-state index contributed by atoms with van der Waals surface area (Å²) >= 11 is 7.08. The van der Waals surface area contributed by atoms with Gasteiger partial charge in [-0.15, -0.1) is 11.3 Å². The van der Waals surface area contributed by atoms with Crippen LogP contribution in [0.4, 0.5) is 0 Å². The topological polar surface area (TPSA) is 33.1 Å². The molecule has 4 heteroatoms. The van der Waals surface area contributed by atoms with Crippen LogP contribution in [0.1, 0.15) is 5.56 Å². The number of hydrogen-bond acceptors (Lipinski definition) is 3. The zero-order chi connectivity index (χ0) is 8.72. The normalized spacial score (nSPS) is 10.8. The van der Waals surface area contributed by atoms with E-state index >= 15 is 0 Å². The second-order valence-corrected chi connectivity index (χ2v) is 4.21. The van der Waals surface area contributed by atoms with Gasteiger partial charge in [0.1, 0.15) is 11.3 Å². The summed E-state index contributed by atoms with van der Waals surface area (Å²) in [5, 5.41) is 9.45. The molecule has 0 spiro atoms. The predicted molar refractivity (Wildman–Crippen MR) is 51.0 cm³/mol. The number of fused-ring (bicyclic) bond motifs is 1. The van der Waals surface area contributed by atoms with Crippen molar-refractivity contribution in [3.63, 3.8) is 0 Å². The number of thiazole rings is 1. The highest BCUT2D eigenvalue weighted by molar-refractivity contribution is 7.22. The van der Waals surface area contributed by atoms with Crippen LogP contribution in [0.2, 0.25) is 4.47 Å². The van der Waals surface area contributed by atoms with E-state index in [-0.39, 0.29) is 5.75 Å². The molecule has 0 aliphatic heterocycles. The highest BCUT2D eigenvalue weighted by Gasteiger charge is 2.06. The van der Waals surface area contributed by atoms with Crippen molar-refractivity contribution in [2.75, 3.05) is 0 Å². The van der Waals surface area contributed by atoms with E-state index in [2.05, 4.69) is 4.98 Å². The lowest BCUT2D eigenvalue weighted by molar-refractivity contribution is 0.480. The SMILES string of the molecule is Cc1cc(O)c2nc(Cl)sc2c1. The summed E-state index contributed by atoms with van der Waals surface area (Å²) in [6, 6.07) is 3.64. The minimum Gasteiger partial charge on any atom is -0.506 e. The van der Waals surface area contributed by atoms with Gasteiger partial charge in [-0.1, -0.05) is 11.6 Å². The van der Waals surface area contributed by atoms with Gasteiger partial charge in [-0.05, 0) is 24.6 Å². The number of benzene rings is 1. The van der Waals surface area contributed by atoms with Gasteiger partial charge in [0.2, 0.25) is 0 Å². The molecule has 1 aromatic heterocycles. The Kier molecular flexibility index (Phi) is 1.70. The zero-order valence-electron chi connectivity index (χ0n) is 6.34. The highest BCUT2D eigenvalue weighted by Crippen LogP contribution is 2.32. The first-order valence-corrected chi connectivity index (χ1v) is 4.62. The fraction of sp³-hybridized carbons (Fsp3) is 0.125. The van der Waals surface area contributed by atoms with Crippen molar-refractivity contribution in [3.05, 3.63) is 22.2 Å². The van der Waals surface area contributed by atoms with Gasteiger partial charge in [0.15, 0.2) is 4.47 Å². The average molecular weight is 200 g/mol. The summed E-state index contributed by atoms with van der Waals surface area (Å²) < 4.78 is 1.39. The van der Waals surface area contributed by atoms with Crippen molar-refractivity contribution in [1.29, 1.82) is 0 Å². The van der Waals surface area contributed by atoms with Crippen LogP contribution in [0.3, 0.4) is 0 Å². The van der Waals surface area contributed by atoms with Crippen LogP contribution in [-0.4, -0.2) is 10.1 Å². The summed E-state index contributed by atoms with van der Waals surface area (Å²) in [7, 11) is 0. The maximum atomic E-state index is 9.45. The number of phenolic OH excluding ortho intramolecular Hbond substituents is 1. The van der Waals surface area contributed by atoms with Crippen LogP contribution < -0.4 is 0 Å². The van der Waals surface area contributed by atoms with Gasteiger partial charge in [0.25, 0.3) is 0 Å². The van der Waals surface area contributed by atoms with Crippen LogP contribution in [0.25, 0.3) is 10.2 Å². The lowest BCUT2D eigenvalue weighted by atomic mass is 10.2. The predicted octanol–water partition coefficient (Wildman–Crippen LogP) is 2.96. The van der Waals surface area contributed by atoms with E-state index in [0.29, 0.717) is 9.98 Å². The van der Waals surface area contributed by atoms with Crippen LogP contribution in [0.15, 0.2) is 12.1 Å². The van der Waals surface area contributed by atoms with Gasteiger partial charge in [-0.2, -0.15) is 0 Å². The number of aromatic nitrogens is 1. The number of phenols is 1. The Bertz CT molecular complexity index is 438. The van der Waals surface area contributed by atoms with Crippen LogP contribution in [0.5, 0.6) is 5.75 Å². The van der Waals surface area contributed by atoms with Crippen molar-refractivity contribution in [1.82, 2.24) is 4.98 Å². The average Bonchev–Trinajstić information content (AvgIpc) is 2.29. The molecule has 0 bridgehead atoms. The Morgan fingerprint density at radius 1 is 1.50 bits per heavy atom. The number of aromatic hydroxyl groups is 1. The maximum absolute atomic E-state index is 9.45. The van der Waals surface area contributed by atoms with Crippen molar-refractivity contribution < 1.29 is 5.11 Å². The Morgan fingerprint density at radius 2 is 2.25 bits per heavy atom.